The first-order valence-corrected chi connectivity index (χ1v) is 7.21. The van der Waals surface area contributed by atoms with E-state index >= 15 is 0 Å². The lowest BCUT2D eigenvalue weighted by atomic mass is 9.77. The zero-order chi connectivity index (χ0) is 13.9. The molecule has 110 valence electrons. The van der Waals surface area contributed by atoms with E-state index in [1.807, 2.05) is 20.8 Å². The van der Waals surface area contributed by atoms with Crippen LogP contribution in [-0.2, 0) is 9.47 Å². The molecule has 0 aliphatic carbocycles. The first-order chi connectivity index (χ1) is 8.91. The van der Waals surface area contributed by atoms with E-state index in [1.165, 1.54) is 0 Å². The Bertz CT molecular complexity index is 313. The molecule has 5 nitrogen and oxygen atoms in total. The SMILES string of the molecule is CC(C)(C)OC(=O)NC1(C2CCNCC2)CCOC1. The third-order valence-electron chi connectivity index (χ3n) is 3.92. The normalized spacial score (nSPS) is 29.2. The van der Waals surface area contributed by atoms with Crippen LogP contribution >= 0.6 is 0 Å². The Morgan fingerprint density at radius 3 is 2.58 bits per heavy atom. The summed E-state index contributed by atoms with van der Waals surface area (Å²) in [5.41, 5.74) is -0.691. The molecule has 2 aliphatic rings. The molecule has 1 unspecified atom stereocenters. The number of hydrogen-bond acceptors (Lipinski definition) is 4. The first-order valence-electron chi connectivity index (χ1n) is 7.21. The summed E-state index contributed by atoms with van der Waals surface area (Å²) < 4.78 is 10.9. The Hall–Kier alpha value is -0.810. The minimum absolute atomic E-state index is 0.232. The van der Waals surface area contributed by atoms with Crippen molar-refractivity contribution in [2.45, 2.75) is 51.2 Å². The van der Waals surface area contributed by atoms with E-state index in [9.17, 15) is 4.79 Å². The lowest BCUT2D eigenvalue weighted by Crippen LogP contribution is -2.57. The van der Waals surface area contributed by atoms with Crippen LogP contribution in [-0.4, -0.2) is 43.5 Å². The van der Waals surface area contributed by atoms with Gasteiger partial charge in [-0.15, -0.1) is 0 Å². The molecule has 2 saturated heterocycles. The molecule has 2 fully saturated rings. The van der Waals surface area contributed by atoms with Crippen molar-refractivity contribution < 1.29 is 14.3 Å². The van der Waals surface area contributed by atoms with Crippen LogP contribution in [0.2, 0.25) is 0 Å². The third-order valence-corrected chi connectivity index (χ3v) is 3.92. The van der Waals surface area contributed by atoms with Crippen LogP contribution in [0.1, 0.15) is 40.0 Å². The molecule has 0 radical (unpaired) electrons. The van der Waals surface area contributed by atoms with Crippen molar-refractivity contribution >= 4 is 6.09 Å². The Kier molecular flexibility index (Phi) is 4.36. The smallest absolute Gasteiger partial charge is 0.408 e. The summed E-state index contributed by atoms with van der Waals surface area (Å²) in [6.07, 6.45) is 2.73. The molecule has 0 spiro atoms. The molecule has 2 N–H and O–H groups in total. The highest BCUT2D eigenvalue weighted by atomic mass is 16.6. The fraction of sp³-hybridized carbons (Fsp3) is 0.929. The Morgan fingerprint density at radius 2 is 2.05 bits per heavy atom. The van der Waals surface area contributed by atoms with Crippen LogP contribution in [0.15, 0.2) is 0 Å². The molecular formula is C14H26N2O3. The van der Waals surface area contributed by atoms with Gasteiger partial charge in [0.2, 0.25) is 0 Å². The molecular weight excluding hydrogens is 244 g/mol. The predicted molar refractivity (Wildman–Crippen MR) is 73.1 cm³/mol. The first kappa shape index (κ1) is 14.6. The van der Waals surface area contributed by atoms with Crippen LogP contribution in [0.3, 0.4) is 0 Å². The van der Waals surface area contributed by atoms with Crippen LogP contribution in [0.4, 0.5) is 4.79 Å². The van der Waals surface area contributed by atoms with Gasteiger partial charge >= 0.3 is 6.09 Å². The topological polar surface area (TPSA) is 59.6 Å². The average Bonchev–Trinajstić information content (AvgIpc) is 2.77. The zero-order valence-electron chi connectivity index (χ0n) is 12.3. The molecule has 0 aromatic heterocycles. The van der Waals surface area contributed by atoms with Crippen LogP contribution in [0.5, 0.6) is 0 Å². The molecule has 5 heteroatoms. The molecule has 0 aromatic carbocycles. The molecule has 2 heterocycles. The minimum Gasteiger partial charge on any atom is -0.444 e. The fourth-order valence-electron chi connectivity index (χ4n) is 2.98. The van der Waals surface area contributed by atoms with Gasteiger partial charge in [0.25, 0.3) is 0 Å². The summed E-state index contributed by atoms with van der Waals surface area (Å²) in [5.74, 6) is 0.476. The van der Waals surface area contributed by atoms with E-state index in [-0.39, 0.29) is 11.6 Å². The van der Waals surface area contributed by atoms with Crippen molar-refractivity contribution in [3.05, 3.63) is 0 Å². The monoisotopic (exact) mass is 270 g/mol. The molecule has 2 aliphatic heterocycles. The lowest BCUT2D eigenvalue weighted by Gasteiger charge is -2.39. The number of amides is 1. The summed E-state index contributed by atoms with van der Waals surface area (Å²) in [5, 5.41) is 6.47. The number of rotatable bonds is 2. The summed E-state index contributed by atoms with van der Waals surface area (Å²) in [7, 11) is 0. The van der Waals surface area contributed by atoms with Gasteiger partial charge in [0.05, 0.1) is 12.1 Å². The molecule has 0 aromatic rings. The number of ether oxygens (including phenoxy) is 2. The highest BCUT2D eigenvalue weighted by molar-refractivity contribution is 5.69. The van der Waals surface area contributed by atoms with Gasteiger partial charge in [0.15, 0.2) is 0 Å². The van der Waals surface area contributed by atoms with Gasteiger partial charge in [-0.3, -0.25) is 0 Å². The number of piperidine rings is 1. The second kappa shape index (κ2) is 5.67. The molecule has 2 rings (SSSR count). The van der Waals surface area contributed by atoms with Gasteiger partial charge in [-0.1, -0.05) is 0 Å². The quantitative estimate of drug-likeness (QED) is 0.801. The zero-order valence-corrected chi connectivity index (χ0v) is 12.3. The van der Waals surface area contributed by atoms with E-state index in [0.29, 0.717) is 12.5 Å². The number of alkyl carbamates (subject to hydrolysis) is 1. The van der Waals surface area contributed by atoms with Gasteiger partial charge in [-0.05, 0) is 59.0 Å². The maximum Gasteiger partial charge on any atom is 0.408 e. The maximum absolute atomic E-state index is 12.1. The van der Waals surface area contributed by atoms with E-state index < -0.39 is 5.60 Å². The summed E-state index contributed by atoms with van der Waals surface area (Å²) >= 11 is 0. The number of carbonyl (C=O) groups excluding carboxylic acids is 1. The van der Waals surface area contributed by atoms with E-state index in [4.69, 9.17) is 9.47 Å². The average molecular weight is 270 g/mol. The van der Waals surface area contributed by atoms with Crippen LogP contribution < -0.4 is 10.6 Å². The highest BCUT2D eigenvalue weighted by Crippen LogP contribution is 2.33. The minimum atomic E-state index is -0.459. The van der Waals surface area contributed by atoms with Crippen molar-refractivity contribution in [1.29, 1.82) is 0 Å². The van der Waals surface area contributed by atoms with E-state index in [2.05, 4.69) is 10.6 Å². The Labute approximate surface area is 115 Å². The fourth-order valence-corrected chi connectivity index (χ4v) is 2.98. The number of hydrogen-bond donors (Lipinski definition) is 2. The van der Waals surface area contributed by atoms with Crippen molar-refractivity contribution in [3.8, 4) is 0 Å². The van der Waals surface area contributed by atoms with Gasteiger partial charge in [0.1, 0.15) is 5.60 Å². The maximum atomic E-state index is 12.1. The van der Waals surface area contributed by atoms with Crippen molar-refractivity contribution in [2.24, 2.45) is 5.92 Å². The van der Waals surface area contributed by atoms with Crippen molar-refractivity contribution in [1.82, 2.24) is 10.6 Å². The summed E-state index contributed by atoms with van der Waals surface area (Å²) in [4.78, 5) is 12.1. The van der Waals surface area contributed by atoms with E-state index in [0.717, 1.165) is 39.0 Å². The van der Waals surface area contributed by atoms with Gasteiger partial charge in [-0.25, -0.2) is 4.79 Å². The molecule has 1 atom stereocenters. The van der Waals surface area contributed by atoms with Gasteiger partial charge in [-0.2, -0.15) is 0 Å². The second-order valence-electron chi connectivity index (χ2n) is 6.61. The van der Waals surface area contributed by atoms with Gasteiger partial charge in [0, 0.05) is 6.61 Å². The van der Waals surface area contributed by atoms with Gasteiger partial charge < -0.3 is 20.1 Å². The number of nitrogens with one attached hydrogen (secondary N) is 2. The number of carbonyl (C=O) groups is 1. The summed E-state index contributed by atoms with van der Waals surface area (Å²) in [6.45, 7) is 9.01. The molecule has 19 heavy (non-hydrogen) atoms. The van der Waals surface area contributed by atoms with Crippen molar-refractivity contribution in [3.63, 3.8) is 0 Å². The highest BCUT2D eigenvalue weighted by Gasteiger charge is 2.44. The Morgan fingerprint density at radius 1 is 1.37 bits per heavy atom. The lowest BCUT2D eigenvalue weighted by molar-refractivity contribution is 0.0357. The summed E-state index contributed by atoms with van der Waals surface area (Å²) in [6, 6.07) is 0. The van der Waals surface area contributed by atoms with E-state index in [1.54, 1.807) is 0 Å². The predicted octanol–water partition coefficient (Wildman–Crippen LogP) is 1.67. The third kappa shape index (κ3) is 3.83. The van der Waals surface area contributed by atoms with Crippen LogP contribution in [0, 0.1) is 5.92 Å². The second-order valence-corrected chi connectivity index (χ2v) is 6.61. The van der Waals surface area contributed by atoms with Crippen molar-refractivity contribution in [2.75, 3.05) is 26.3 Å². The molecule has 1 amide bonds. The standard InChI is InChI=1S/C14H26N2O3/c1-13(2,3)19-12(17)16-14(6-9-18-10-14)11-4-7-15-8-5-11/h11,15H,4-10H2,1-3H3,(H,16,17). The largest absolute Gasteiger partial charge is 0.444 e. The Balaban J connectivity index is 2.00. The molecule has 0 bridgehead atoms. The molecule has 0 saturated carbocycles. The van der Waals surface area contributed by atoms with Crippen LogP contribution in [0.25, 0.3) is 0 Å².